The molecule has 4 rings (SSSR count). The second-order valence-electron chi connectivity index (χ2n) is 7.72. The van der Waals surface area contributed by atoms with Crippen molar-refractivity contribution < 1.29 is 47.1 Å². The zero-order chi connectivity index (χ0) is 25.9. The van der Waals surface area contributed by atoms with Crippen molar-refractivity contribution >= 4 is 25.6 Å². The topological polar surface area (TPSA) is 174 Å². The highest BCUT2D eigenvalue weighted by molar-refractivity contribution is 7.48. The number of benzene rings is 1. The smallest absolute Gasteiger partial charge is 0.462 e. The molecule has 194 valence electrons. The number of phosphoric ester groups is 1. The molecule has 36 heavy (non-hydrogen) atoms. The summed E-state index contributed by atoms with van der Waals surface area (Å²) < 4.78 is 47.0. The van der Waals surface area contributed by atoms with E-state index in [-0.39, 0.29) is 31.2 Å². The van der Waals surface area contributed by atoms with E-state index in [2.05, 4.69) is 4.98 Å². The quantitative estimate of drug-likeness (QED) is 0.290. The third-order valence-electron chi connectivity index (χ3n) is 5.34. The normalized spacial score (nSPS) is 27.2. The van der Waals surface area contributed by atoms with E-state index in [1.807, 2.05) is 0 Å². The molecule has 0 amide bonds. The Bertz CT molecular complexity index is 1240. The van der Waals surface area contributed by atoms with E-state index in [1.165, 1.54) is 12.3 Å². The predicted octanol–water partition coefficient (Wildman–Crippen LogP) is 1.79. The minimum atomic E-state index is -4.21. The van der Waals surface area contributed by atoms with Crippen LogP contribution in [-0.2, 0) is 43.7 Å². The van der Waals surface area contributed by atoms with Gasteiger partial charge >= 0.3 is 25.5 Å². The molecule has 0 spiro atoms. The standard InChI is InChI=1S/C21H24N3O11P/c1-3-30-20(26)14-7-5-4-6-13(14)10-31-36(29)32-11-15-17(35-36)18(33-12(2)25)19(34-15)24-9-8-16(23-28)22-21(24)27/h4-9,15,17-19,28H,3,10-11H2,1-2H3,(H,22,23,27)/t15-,17-,18-,19-,36?/m1/s1. The Morgan fingerprint density at radius 1 is 1.31 bits per heavy atom. The van der Waals surface area contributed by atoms with Gasteiger partial charge in [0.25, 0.3) is 0 Å². The molecule has 14 nitrogen and oxygen atoms in total. The first-order valence-electron chi connectivity index (χ1n) is 10.9. The number of fused-ring (bicyclic) bond motifs is 1. The number of phosphoric acid groups is 1. The lowest BCUT2D eigenvalue weighted by molar-refractivity contribution is -0.155. The van der Waals surface area contributed by atoms with Crippen molar-refractivity contribution in [3.63, 3.8) is 0 Å². The van der Waals surface area contributed by atoms with Gasteiger partial charge in [0.05, 0.1) is 25.4 Å². The lowest BCUT2D eigenvalue weighted by atomic mass is 10.1. The first-order valence-corrected chi connectivity index (χ1v) is 12.3. The molecule has 5 atom stereocenters. The lowest BCUT2D eigenvalue weighted by Gasteiger charge is -2.31. The maximum atomic E-state index is 13.3. The fraction of sp³-hybridized carbons (Fsp3) is 0.429. The van der Waals surface area contributed by atoms with Gasteiger partial charge in [0.2, 0.25) is 0 Å². The molecule has 1 aromatic heterocycles. The zero-order valence-electron chi connectivity index (χ0n) is 19.3. The fourth-order valence-electron chi connectivity index (χ4n) is 3.79. The SMILES string of the molecule is CCOC(=O)c1ccccc1COP1(=O)OC[C@H]2O[C@@H](n3ccc(NO)nc3=O)[C@H](OC(C)=O)[C@@H]2O1. The van der Waals surface area contributed by atoms with Crippen molar-refractivity contribution in [1.82, 2.24) is 9.55 Å². The van der Waals surface area contributed by atoms with E-state index in [4.69, 9.17) is 33.0 Å². The van der Waals surface area contributed by atoms with Crippen LogP contribution >= 0.6 is 7.82 Å². The number of anilines is 1. The number of hydrogen-bond donors (Lipinski definition) is 2. The Hall–Kier alpha value is -3.13. The molecule has 15 heteroatoms. The Labute approximate surface area is 204 Å². The van der Waals surface area contributed by atoms with E-state index in [0.717, 1.165) is 11.5 Å². The fourth-order valence-corrected chi connectivity index (χ4v) is 5.17. The zero-order valence-corrected chi connectivity index (χ0v) is 20.2. The summed E-state index contributed by atoms with van der Waals surface area (Å²) in [6, 6.07) is 7.76. The molecule has 0 saturated carbocycles. The second-order valence-corrected chi connectivity index (χ2v) is 9.34. The summed E-state index contributed by atoms with van der Waals surface area (Å²) in [5.41, 5.74) is 1.57. The molecule has 0 bridgehead atoms. The van der Waals surface area contributed by atoms with Gasteiger partial charge in [-0.1, -0.05) is 18.2 Å². The van der Waals surface area contributed by atoms with Gasteiger partial charge in [-0.15, -0.1) is 0 Å². The number of nitrogens with zero attached hydrogens (tertiary/aromatic N) is 2. The maximum Gasteiger partial charge on any atom is 0.475 e. The average molecular weight is 525 g/mol. The largest absolute Gasteiger partial charge is 0.475 e. The number of nitrogens with one attached hydrogen (secondary N) is 1. The third kappa shape index (κ3) is 5.48. The molecule has 2 fully saturated rings. The molecule has 2 aliphatic rings. The lowest BCUT2D eigenvalue weighted by Crippen LogP contribution is -2.42. The molecule has 2 N–H and O–H groups in total. The number of carbonyl (C=O) groups is 2. The monoisotopic (exact) mass is 525 g/mol. The Morgan fingerprint density at radius 2 is 2.08 bits per heavy atom. The predicted molar refractivity (Wildman–Crippen MR) is 119 cm³/mol. The van der Waals surface area contributed by atoms with Gasteiger partial charge in [-0.25, -0.2) is 14.2 Å². The van der Waals surface area contributed by atoms with Crippen molar-refractivity contribution in [2.75, 3.05) is 18.7 Å². The molecule has 0 radical (unpaired) electrons. The second kappa shape index (κ2) is 10.9. The van der Waals surface area contributed by atoms with Crippen molar-refractivity contribution in [3.8, 4) is 0 Å². The van der Waals surface area contributed by atoms with Crippen LogP contribution in [0.5, 0.6) is 0 Å². The molecular formula is C21H24N3O11P. The number of aromatic nitrogens is 2. The number of carbonyl (C=O) groups excluding carboxylic acids is 2. The highest BCUT2D eigenvalue weighted by Crippen LogP contribution is 2.57. The average Bonchev–Trinajstić information content (AvgIpc) is 3.19. The van der Waals surface area contributed by atoms with Gasteiger partial charge < -0.3 is 14.2 Å². The van der Waals surface area contributed by atoms with Crippen molar-refractivity contribution in [2.24, 2.45) is 0 Å². The summed E-state index contributed by atoms with van der Waals surface area (Å²) in [5.74, 6) is -1.36. The highest BCUT2D eigenvalue weighted by Gasteiger charge is 2.55. The van der Waals surface area contributed by atoms with Crippen molar-refractivity contribution in [2.45, 2.75) is 45.0 Å². The minimum absolute atomic E-state index is 0.101. The van der Waals surface area contributed by atoms with Crippen LogP contribution in [0.25, 0.3) is 0 Å². The van der Waals surface area contributed by atoms with Crippen LogP contribution in [-0.4, -0.2) is 58.2 Å². The van der Waals surface area contributed by atoms with E-state index in [9.17, 15) is 18.9 Å². The number of hydrogen-bond acceptors (Lipinski definition) is 13. The summed E-state index contributed by atoms with van der Waals surface area (Å²) in [4.78, 5) is 40.1. The summed E-state index contributed by atoms with van der Waals surface area (Å²) in [6.45, 7) is 2.46. The first-order chi connectivity index (χ1) is 17.2. The van der Waals surface area contributed by atoms with Crippen LogP contribution in [0.1, 0.15) is 36.0 Å². The van der Waals surface area contributed by atoms with E-state index in [1.54, 1.807) is 36.7 Å². The summed E-state index contributed by atoms with van der Waals surface area (Å²) in [7, 11) is -4.21. The van der Waals surface area contributed by atoms with Crippen LogP contribution in [0, 0.1) is 0 Å². The number of rotatable bonds is 8. The van der Waals surface area contributed by atoms with Crippen molar-refractivity contribution in [3.05, 3.63) is 58.1 Å². The first kappa shape index (κ1) is 25.9. The van der Waals surface area contributed by atoms with Crippen LogP contribution in [0.2, 0.25) is 0 Å². The molecule has 2 saturated heterocycles. The molecular weight excluding hydrogens is 501 g/mol. The Morgan fingerprint density at radius 3 is 2.78 bits per heavy atom. The summed E-state index contributed by atoms with van der Waals surface area (Å²) >= 11 is 0. The molecule has 0 aliphatic carbocycles. The van der Waals surface area contributed by atoms with Crippen LogP contribution in [0.15, 0.2) is 41.3 Å². The minimum Gasteiger partial charge on any atom is -0.462 e. The maximum absolute atomic E-state index is 13.3. The molecule has 2 aromatic rings. The van der Waals surface area contributed by atoms with Gasteiger partial charge in [-0.3, -0.25) is 33.6 Å². The molecule has 2 aliphatic heterocycles. The number of esters is 2. The van der Waals surface area contributed by atoms with Gasteiger partial charge in [0.15, 0.2) is 18.1 Å². The van der Waals surface area contributed by atoms with Gasteiger partial charge in [-0.05, 0) is 24.6 Å². The van der Waals surface area contributed by atoms with Crippen LogP contribution < -0.4 is 11.2 Å². The highest BCUT2D eigenvalue weighted by atomic mass is 31.2. The summed E-state index contributed by atoms with van der Waals surface area (Å²) in [5, 5.41) is 8.95. The van der Waals surface area contributed by atoms with Gasteiger partial charge in [0.1, 0.15) is 12.2 Å². The van der Waals surface area contributed by atoms with E-state index >= 15 is 0 Å². The number of ether oxygens (including phenoxy) is 3. The van der Waals surface area contributed by atoms with E-state index < -0.39 is 50.0 Å². The Kier molecular flexibility index (Phi) is 7.83. The van der Waals surface area contributed by atoms with Crippen LogP contribution in [0.3, 0.4) is 0 Å². The molecule has 3 heterocycles. The molecule has 1 aromatic carbocycles. The van der Waals surface area contributed by atoms with Crippen molar-refractivity contribution in [1.29, 1.82) is 0 Å². The van der Waals surface area contributed by atoms with Crippen LogP contribution in [0.4, 0.5) is 5.82 Å². The van der Waals surface area contributed by atoms with Gasteiger partial charge in [0, 0.05) is 13.1 Å². The van der Waals surface area contributed by atoms with Gasteiger partial charge in [-0.2, -0.15) is 4.98 Å². The molecule has 1 unspecified atom stereocenters. The van der Waals surface area contributed by atoms with E-state index in [0.29, 0.717) is 5.56 Å². The summed E-state index contributed by atoms with van der Waals surface area (Å²) in [6.07, 6.45) is -3.08. The Balaban J connectivity index is 1.54. The third-order valence-corrected chi connectivity index (χ3v) is 6.76.